The van der Waals surface area contributed by atoms with Crippen LogP contribution in [0.15, 0.2) is 0 Å². The van der Waals surface area contributed by atoms with Gasteiger partial charge in [0, 0.05) is 0 Å². The van der Waals surface area contributed by atoms with Crippen molar-refractivity contribution in [2.75, 3.05) is 0 Å². The molecule has 0 rings (SSSR count). The molecule has 0 atom stereocenters. The summed E-state index contributed by atoms with van der Waals surface area (Å²) in [5, 5.41) is 0. The van der Waals surface area contributed by atoms with Gasteiger partial charge in [-0.3, -0.25) is 0 Å². The molecular weight excluding hydrogens is 214 g/mol. The molecule has 0 aromatic rings. The molecule has 0 spiro atoms. The van der Waals surface area contributed by atoms with Gasteiger partial charge in [-0.1, -0.05) is 0 Å². The Hall–Kier alpha value is 0.812. The molecule has 4 heavy (non-hydrogen) atoms. The molecule has 0 aromatic heterocycles. The van der Waals surface area contributed by atoms with Gasteiger partial charge in [-0.15, -0.1) is 0 Å². The maximum absolute atomic E-state index is 9.29. The molecule has 0 saturated carbocycles. The normalized spacial score (nSPS) is 6.75. The molecule has 0 fully saturated rings. The van der Waals surface area contributed by atoms with E-state index in [4.69, 9.17) is 0 Å². The molecular formula is CBrOPd. The predicted molar refractivity (Wildman–Crippen MR) is 14.3 cm³/mol. The Labute approximate surface area is 43.3 Å². The van der Waals surface area contributed by atoms with Crippen LogP contribution in [0.1, 0.15) is 0 Å². The van der Waals surface area contributed by atoms with Gasteiger partial charge in [0.25, 0.3) is 0 Å². The molecule has 0 saturated heterocycles. The molecule has 0 aliphatic heterocycles. The molecule has 0 bridgehead atoms. The fourth-order valence-corrected chi connectivity index (χ4v) is 0. The first-order valence-corrected chi connectivity index (χ1v) is 2.12. The third-order valence-electron chi connectivity index (χ3n) is 0. The summed E-state index contributed by atoms with van der Waals surface area (Å²) in [6.45, 7) is 0. The van der Waals surface area contributed by atoms with Gasteiger partial charge in [0.15, 0.2) is 0 Å². The van der Waals surface area contributed by atoms with Crippen molar-refractivity contribution < 1.29 is 24.0 Å². The summed E-state index contributed by atoms with van der Waals surface area (Å²) in [6.07, 6.45) is 0. The van der Waals surface area contributed by atoms with E-state index in [9.17, 15) is 4.79 Å². The predicted octanol–water partition coefficient (Wildman–Crippen LogP) is 1.05. The zero-order valence-corrected chi connectivity index (χ0v) is 4.74. The van der Waals surface area contributed by atoms with E-state index >= 15 is 0 Å². The van der Waals surface area contributed by atoms with Crippen molar-refractivity contribution in [1.82, 2.24) is 0 Å². The van der Waals surface area contributed by atoms with E-state index in [2.05, 4.69) is 35.1 Å². The van der Waals surface area contributed by atoms with E-state index in [0.717, 1.165) is 0 Å². The van der Waals surface area contributed by atoms with Gasteiger partial charge in [0.2, 0.25) is 0 Å². The summed E-state index contributed by atoms with van der Waals surface area (Å²) in [7, 11) is 0. The third kappa shape index (κ3) is 14.0. The van der Waals surface area contributed by atoms with Crippen LogP contribution in [0.4, 0.5) is 4.79 Å². The third-order valence-corrected chi connectivity index (χ3v) is 0. The van der Waals surface area contributed by atoms with Crippen molar-refractivity contribution in [2.24, 2.45) is 0 Å². The van der Waals surface area contributed by atoms with Crippen molar-refractivity contribution in [2.45, 2.75) is 0 Å². The Balaban J connectivity index is 2.80. The van der Waals surface area contributed by atoms with Crippen LogP contribution in [-0.2, 0) is 19.2 Å². The second-order valence-electron chi connectivity index (χ2n) is 0.201. The SMILES string of the molecule is O=[C](Br)[Pd]. The molecule has 0 radical (unpaired) electrons. The minimum absolute atomic E-state index is 0.171. The molecule has 1 nitrogen and oxygen atoms in total. The van der Waals surface area contributed by atoms with Crippen LogP contribution < -0.4 is 0 Å². The van der Waals surface area contributed by atoms with Crippen LogP contribution in [0.25, 0.3) is 0 Å². The van der Waals surface area contributed by atoms with Crippen LogP contribution in [-0.4, -0.2) is 3.17 Å². The van der Waals surface area contributed by atoms with Crippen molar-refractivity contribution in [3.8, 4) is 0 Å². The second-order valence-corrected chi connectivity index (χ2v) is 2.62. The number of carbonyl (C=O) groups excluding carboxylic acids is 1. The molecule has 0 N–H and O–H groups in total. The van der Waals surface area contributed by atoms with Crippen molar-refractivity contribution in [3.05, 3.63) is 0 Å². The molecule has 0 unspecified atom stereocenters. The summed E-state index contributed by atoms with van der Waals surface area (Å²) in [5.74, 6) is 0. The van der Waals surface area contributed by atoms with E-state index < -0.39 is 0 Å². The van der Waals surface area contributed by atoms with Gasteiger partial charge in [-0.05, 0) is 0 Å². The Morgan fingerprint density at radius 2 is 2.00 bits per heavy atom. The van der Waals surface area contributed by atoms with Gasteiger partial charge >= 0.3 is 43.1 Å². The van der Waals surface area contributed by atoms with Crippen molar-refractivity contribution in [1.29, 1.82) is 0 Å². The Morgan fingerprint density at radius 3 is 2.00 bits per heavy atom. The van der Waals surface area contributed by atoms with Crippen LogP contribution in [0, 0.1) is 0 Å². The first-order valence-electron chi connectivity index (χ1n) is 0.551. The number of carbonyl (C=O) groups is 1. The molecule has 0 amide bonds. The van der Waals surface area contributed by atoms with E-state index in [-0.39, 0.29) is 3.17 Å². The summed E-state index contributed by atoms with van der Waals surface area (Å²) in [6, 6.07) is 0. The average Bonchev–Trinajstić information content (AvgIpc) is 0.811. The van der Waals surface area contributed by atoms with Crippen LogP contribution >= 0.6 is 15.9 Å². The topological polar surface area (TPSA) is 17.1 Å². The monoisotopic (exact) mass is 213 g/mol. The van der Waals surface area contributed by atoms with Gasteiger partial charge in [0.05, 0.1) is 0 Å². The van der Waals surface area contributed by atoms with Crippen LogP contribution in [0.3, 0.4) is 0 Å². The maximum atomic E-state index is 9.29. The first kappa shape index (κ1) is 4.81. The van der Waals surface area contributed by atoms with Crippen molar-refractivity contribution >= 4 is 19.1 Å². The standard InChI is InChI=1S/CBrO.Pd/c2-1-3;. The van der Waals surface area contributed by atoms with Gasteiger partial charge in [0.1, 0.15) is 0 Å². The van der Waals surface area contributed by atoms with E-state index in [1.165, 1.54) is 0 Å². The summed E-state index contributed by atoms with van der Waals surface area (Å²) >= 11 is 4.89. The van der Waals surface area contributed by atoms with Gasteiger partial charge in [-0.2, -0.15) is 0 Å². The Morgan fingerprint density at radius 1 is 2.00 bits per heavy atom. The summed E-state index contributed by atoms with van der Waals surface area (Å²) in [5.41, 5.74) is 0. The molecule has 0 aliphatic carbocycles. The number of hydrogen-bond acceptors (Lipinski definition) is 1. The molecule has 0 heterocycles. The quantitative estimate of drug-likeness (QED) is 0.435. The van der Waals surface area contributed by atoms with Crippen LogP contribution in [0.2, 0.25) is 0 Å². The molecule has 0 aliphatic rings. The second kappa shape index (κ2) is 2.07. The Kier molecular flexibility index (Phi) is 2.50. The minimum atomic E-state index is -0.171. The molecule has 3 heteroatoms. The van der Waals surface area contributed by atoms with Crippen LogP contribution in [0.5, 0.6) is 0 Å². The first-order chi connectivity index (χ1) is 1.73. The molecule has 27 valence electrons. The van der Waals surface area contributed by atoms with Crippen molar-refractivity contribution in [3.63, 3.8) is 0 Å². The zero-order valence-electron chi connectivity index (χ0n) is 1.60. The van der Waals surface area contributed by atoms with E-state index in [0.29, 0.717) is 0 Å². The fourth-order valence-electron chi connectivity index (χ4n) is 0. The van der Waals surface area contributed by atoms with Gasteiger partial charge in [-0.25, -0.2) is 0 Å². The average molecular weight is 214 g/mol. The fraction of sp³-hybridized carbons (Fsp3) is 0. The number of hydrogen-bond donors (Lipinski definition) is 0. The summed E-state index contributed by atoms with van der Waals surface area (Å²) in [4.78, 5) is 9.29. The number of rotatable bonds is 0. The van der Waals surface area contributed by atoms with E-state index in [1.807, 2.05) is 0 Å². The summed E-state index contributed by atoms with van der Waals surface area (Å²) < 4.78 is -0.171. The van der Waals surface area contributed by atoms with E-state index in [1.54, 1.807) is 0 Å². The zero-order chi connectivity index (χ0) is 3.58. The molecule has 0 aromatic carbocycles. The number of halogens is 1. The Bertz CT molecular complexity index is 31.0. The van der Waals surface area contributed by atoms with Gasteiger partial charge < -0.3 is 0 Å².